The Labute approximate surface area is 106 Å². The number of allylic oxidation sites excluding steroid dienone is 2. The summed E-state index contributed by atoms with van der Waals surface area (Å²) >= 11 is 0. The molecule has 2 nitrogen and oxygen atoms in total. The van der Waals surface area contributed by atoms with Crippen LogP contribution in [0.2, 0.25) is 0 Å². The quantitative estimate of drug-likeness (QED) is 0.413. The molecule has 0 N–H and O–H groups in total. The third-order valence-electron chi connectivity index (χ3n) is 2.45. The average molecular weight is 238 g/mol. The third kappa shape index (κ3) is 11.1. The SMILES string of the molecule is C=CCOC(=C)OCC[C@H](C)CCC=C(C)C. The van der Waals surface area contributed by atoms with Crippen molar-refractivity contribution in [2.75, 3.05) is 13.2 Å². The van der Waals surface area contributed by atoms with E-state index in [4.69, 9.17) is 9.47 Å². The van der Waals surface area contributed by atoms with Crippen molar-refractivity contribution in [2.24, 2.45) is 5.92 Å². The molecule has 0 aromatic carbocycles. The second-order valence-electron chi connectivity index (χ2n) is 4.57. The topological polar surface area (TPSA) is 18.5 Å². The lowest BCUT2D eigenvalue weighted by molar-refractivity contribution is 0.0437. The van der Waals surface area contributed by atoms with E-state index in [1.54, 1.807) is 6.08 Å². The fourth-order valence-corrected chi connectivity index (χ4v) is 1.37. The first-order chi connectivity index (χ1) is 8.06. The summed E-state index contributed by atoms with van der Waals surface area (Å²) in [6.45, 7) is 14.9. The molecular formula is C15H26O2. The first-order valence-corrected chi connectivity index (χ1v) is 6.25. The van der Waals surface area contributed by atoms with Crippen molar-refractivity contribution >= 4 is 0 Å². The maximum absolute atomic E-state index is 5.36. The van der Waals surface area contributed by atoms with Crippen molar-refractivity contribution < 1.29 is 9.47 Å². The Morgan fingerprint density at radius 3 is 2.53 bits per heavy atom. The van der Waals surface area contributed by atoms with Gasteiger partial charge in [0.2, 0.25) is 0 Å². The molecule has 0 heterocycles. The fraction of sp³-hybridized carbons (Fsp3) is 0.600. The number of ether oxygens (including phenoxy) is 2. The molecule has 0 aliphatic rings. The lowest BCUT2D eigenvalue weighted by Gasteiger charge is -2.12. The van der Waals surface area contributed by atoms with Gasteiger partial charge in [0, 0.05) is 0 Å². The molecule has 1 atom stereocenters. The Balaban J connectivity index is 3.50. The molecule has 0 bridgehead atoms. The molecule has 0 unspecified atom stereocenters. The zero-order valence-corrected chi connectivity index (χ0v) is 11.5. The van der Waals surface area contributed by atoms with Crippen LogP contribution in [-0.4, -0.2) is 13.2 Å². The molecule has 0 radical (unpaired) electrons. The normalized spacial score (nSPS) is 11.5. The van der Waals surface area contributed by atoms with Crippen LogP contribution in [0.3, 0.4) is 0 Å². The minimum Gasteiger partial charge on any atom is -0.466 e. The van der Waals surface area contributed by atoms with Gasteiger partial charge in [-0.15, -0.1) is 0 Å². The van der Waals surface area contributed by atoms with Gasteiger partial charge >= 0.3 is 0 Å². The second kappa shape index (κ2) is 10.0. The van der Waals surface area contributed by atoms with Gasteiger partial charge in [-0.1, -0.05) is 31.2 Å². The highest BCUT2D eigenvalue weighted by atomic mass is 16.7. The van der Waals surface area contributed by atoms with Crippen LogP contribution in [0.15, 0.2) is 36.8 Å². The molecule has 2 heteroatoms. The largest absolute Gasteiger partial charge is 0.466 e. The van der Waals surface area contributed by atoms with Crippen LogP contribution in [0.4, 0.5) is 0 Å². The van der Waals surface area contributed by atoms with E-state index in [0.717, 1.165) is 12.8 Å². The maximum Gasteiger partial charge on any atom is 0.271 e. The van der Waals surface area contributed by atoms with E-state index in [1.165, 1.54) is 12.0 Å². The lowest BCUT2D eigenvalue weighted by Crippen LogP contribution is -2.03. The van der Waals surface area contributed by atoms with Gasteiger partial charge < -0.3 is 9.47 Å². The Hall–Kier alpha value is -1.18. The van der Waals surface area contributed by atoms with Crippen molar-refractivity contribution in [3.05, 3.63) is 36.8 Å². The highest BCUT2D eigenvalue weighted by molar-refractivity contribution is 4.92. The molecule has 0 fully saturated rings. The molecule has 0 aliphatic carbocycles. The Bertz CT molecular complexity index is 250. The molecule has 0 spiro atoms. The van der Waals surface area contributed by atoms with E-state index in [9.17, 15) is 0 Å². The monoisotopic (exact) mass is 238 g/mol. The molecule has 0 amide bonds. The Morgan fingerprint density at radius 2 is 1.94 bits per heavy atom. The molecule has 98 valence electrons. The Kier molecular flexibility index (Phi) is 9.31. The van der Waals surface area contributed by atoms with Crippen LogP contribution in [0, 0.1) is 5.92 Å². The van der Waals surface area contributed by atoms with Gasteiger partial charge in [-0.3, -0.25) is 0 Å². The predicted octanol–water partition coefficient (Wildman–Crippen LogP) is 4.45. The van der Waals surface area contributed by atoms with Crippen LogP contribution in [0.5, 0.6) is 0 Å². The van der Waals surface area contributed by atoms with E-state index in [1.807, 2.05) is 0 Å². The summed E-state index contributed by atoms with van der Waals surface area (Å²) in [6.07, 6.45) is 7.35. The summed E-state index contributed by atoms with van der Waals surface area (Å²) in [6, 6.07) is 0. The molecule has 0 saturated heterocycles. The summed E-state index contributed by atoms with van der Waals surface area (Å²) in [5.74, 6) is 1.05. The fourth-order valence-electron chi connectivity index (χ4n) is 1.37. The van der Waals surface area contributed by atoms with Gasteiger partial charge in [-0.25, -0.2) is 0 Å². The number of rotatable bonds is 10. The van der Waals surface area contributed by atoms with Crippen LogP contribution < -0.4 is 0 Å². The predicted molar refractivity (Wildman–Crippen MR) is 73.7 cm³/mol. The highest BCUT2D eigenvalue weighted by Gasteiger charge is 2.02. The zero-order chi connectivity index (χ0) is 13.1. The van der Waals surface area contributed by atoms with E-state index in [-0.39, 0.29) is 0 Å². The van der Waals surface area contributed by atoms with Crippen LogP contribution in [-0.2, 0) is 9.47 Å². The Morgan fingerprint density at radius 1 is 1.24 bits per heavy atom. The van der Waals surface area contributed by atoms with Crippen molar-refractivity contribution in [3.8, 4) is 0 Å². The van der Waals surface area contributed by atoms with Gasteiger partial charge in [0.1, 0.15) is 6.61 Å². The van der Waals surface area contributed by atoms with Gasteiger partial charge in [0.15, 0.2) is 0 Å². The standard InChI is InChI=1S/C15H26O2/c1-6-11-16-15(5)17-12-10-14(4)9-7-8-13(2)3/h6,8,14H,1,5,7,9-12H2,2-4H3/t14-/m1/s1. The van der Waals surface area contributed by atoms with Gasteiger partial charge in [0.25, 0.3) is 5.95 Å². The van der Waals surface area contributed by atoms with Crippen LogP contribution in [0.25, 0.3) is 0 Å². The first-order valence-electron chi connectivity index (χ1n) is 6.25. The molecule has 0 aromatic rings. The zero-order valence-electron chi connectivity index (χ0n) is 11.5. The van der Waals surface area contributed by atoms with Crippen LogP contribution in [0.1, 0.15) is 40.0 Å². The number of hydrogen-bond donors (Lipinski definition) is 0. The minimum absolute atomic E-state index is 0.390. The van der Waals surface area contributed by atoms with Gasteiger partial charge in [-0.2, -0.15) is 0 Å². The maximum atomic E-state index is 5.36. The van der Waals surface area contributed by atoms with Gasteiger partial charge in [0.05, 0.1) is 6.61 Å². The smallest absolute Gasteiger partial charge is 0.271 e. The van der Waals surface area contributed by atoms with Crippen molar-refractivity contribution in [2.45, 2.75) is 40.0 Å². The molecule has 0 aromatic heterocycles. The second-order valence-corrected chi connectivity index (χ2v) is 4.57. The van der Waals surface area contributed by atoms with Crippen molar-refractivity contribution in [3.63, 3.8) is 0 Å². The minimum atomic E-state index is 0.390. The highest BCUT2D eigenvalue weighted by Crippen LogP contribution is 2.12. The summed E-state index contributed by atoms with van der Waals surface area (Å²) in [7, 11) is 0. The molecule has 0 aliphatic heterocycles. The van der Waals surface area contributed by atoms with Crippen molar-refractivity contribution in [1.29, 1.82) is 0 Å². The van der Waals surface area contributed by atoms with Gasteiger partial charge in [-0.05, 0) is 45.6 Å². The lowest BCUT2D eigenvalue weighted by atomic mass is 10.0. The third-order valence-corrected chi connectivity index (χ3v) is 2.45. The van der Waals surface area contributed by atoms with E-state index >= 15 is 0 Å². The summed E-state index contributed by atoms with van der Waals surface area (Å²) in [5, 5.41) is 0. The van der Waals surface area contributed by atoms with Crippen molar-refractivity contribution in [1.82, 2.24) is 0 Å². The van der Waals surface area contributed by atoms with E-state index < -0.39 is 0 Å². The molecular weight excluding hydrogens is 212 g/mol. The number of hydrogen-bond acceptors (Lipinski definition) is 2. The first kappa shape index (κ1) is 15.8. The molecule has 17 heavy (non-hydrogen) atoms. The molecule has 0 saturated carbocycles. The molecule has 0 rings (SSSR count). The van der Waals surface area contributed by atoms with E-state index in [2.05, 4.69) is 40.0 Å². The van der Waals surface area contributed by atoms with Crippen LogP contribution >= 0.6 is 0 Å². The summed E-state index contributed by atoms with van der Waals surface area (Å²) in [4.78, 5) is 0. The summed E-state index contributed by atoms with van der Waals surface area (Å²) < 4.78 is 10.5. The summed E-state index contributed by atoms with van der Waals surface area (Å²) in [5.41, 5.74) is 1.39. The average Bonchev–Trinajstić information content (AvgIpc) is 2.25. The van der Waals surface area contributed by atoms with E-state index in [0.29, 0.717) is 25.1 Å².